The van der Waals surface area contributed by atoms with Gasteiger partial charge in [-0.05, 0) is 39.2 Å². The van der Waals surface area contributed by atoms with Gasteiger partial charge in [-0.15, -0.1) is 0 Å². The number of nitrogens with one attached hydrogen (secondary N) is 1. The van der Waals surface area contributed by atoms with Crippen LogP contribution in [0.4, 0.5) is 4.79 Å². The van der Waals surface area contributed by atoms with Gasteiger partial charge < -0.3 is 15.2 Å². The average molecular weight is 265 g/mol. The van der Waals surface area contributed by atoms with E-state index in [4.69, 9.17) is 4.74 Å². The highest BCUT2D eigenvalue weighted by molar-refractivity contribution is 5.67. The van der Waals surface area contributed by atoms with Gasteiger partial charge in [0.1, 0.15) is 0 Å². The van der Waals surface area contributed by atoms with Crippen molar-refractivity contribution in [3.63, 3.8) is 0 Å². The first kappa shape index (κ1) is 15.5. The number of amides is 1. The zero-order valence-electron chi connectivity index (χ0n) is 11.8. The minimum atomic E-state index is -0.504. The number of alkyl carbamates (subject to hydrolysis) is 1. The number of hydrogen-bond acceptors (Lipinski definition) is 3. The largest absolute Gasteiger partial charge is 0.450 e. The second-order valence-electron chi connectivity index (χ2n) is 5.58. The van der Waals surface area contributed by atoms with Gasteiger partial charge in [0, 0.05) is 5.54 Å². The molecule has 0 aromatic heterocycles. The Kier molecular flexibility index (Phi) is 5.83. The smallest absolute Gasteiger partial charge is 0.407 e. The first-order valence-electron chi connectivity index (χ1n) is 6.56. The van der Waals surface area contributed by atoms with Crippen LogP contribution in [0.5, 0.6) is 0 Å². The van der Waals surface area contributed by atoms with Crippen LogP contribution in [0.15, 0.2) is 30.3 Å². The Labute approximate surface area is 114 Å². The number of rotatable bonds is 5. The molecule has 0 fully saturated rings. The van der Waals surface area contributed by atoms with E-state index in [9.17, 15) is 9.90 Å². The lowest BCUT2D eigenvalue weighted by atomic mass is 10.1. The number of carbonyl (C=O) groups excluding carboxylic acids is 1. The summed E-state index contributed by atoms with van der Waals surface area (Å²) in [5.41, 5.74) is 0.599. The SMILES string of the molecule is CC(C)(C)NC(=O)OCCCC(O)c1ccccc1. The third-order valence-electron chi connectivity index (χ3n) is 2.52. The van der Waals surface area contributed by atoms with Gasteiger partial charge in [-0.2, -0.15) is 0 Å². The van der Waals surface area contributed by atoms with Crippen LogP contribution in [-0.2, 0) is 4.74 Å². The van der Waals surface area contributed by atoms with E-state index < -0.39 is 12.2 Å². The molecule has 0 bridgehead atoms. The average Bonchev–Trinajstić information content (AvgIpc) is 2.33. The van der Waals surface area contributed by atoms with Crippen LogP contribution >= 0.6 is 0 Å². The molecule has 1 unspecified atom stereocenters. The Hall–Kier alpha value is -1.55. The van der Waals surface area contributed by atoms with Gasteiger partial charge in [-0.25, -0.2) is 4.79 Å². The molecular weight excluding hydrogens is 242 g/mol. The monoisotopic (exact) mass is 265 g/mol. The van der Waals surface area contributed by atoms with E-state index in [1.165, 1.54) is 0 Å². The fourth-order valence-corrected chi connectivity index (χ4v) is 1.63. The van der Waals surface area contributed by atoms with Crippen molar-refractivity contribution in [1.29, 1.82) is 0 Å². The Morgan fingerprint density at radius 3 is 2.53 bits per heavy atom. The molecule has 0 aliphatic carbocycles. The molecule has 0 radical (unpaired) electrons. The number of carbonyl (C=O) groups is 1. The van der Waals surface area contributed by atoms with E-state index >= 15 is 0 Å². The van der Waals surface area contributed by atoms with Crippen LogP contribution in [0.25, 0.3) is 0 Å². The molecule has 106 valence electrons. The Balaban J connectivity index is 2.19. The molecule has 19 heavy (non-hydrogen) atoms. The molecule has 1 aromatic carbocycles. The van der Waals surface area contributed by atoms with Crippen molar-refractivity contribution in [2.45, 2.75) is 45.3 Å². The quantitative estimate of drug-likeness (QED) is 0.804. The lowest BCUT2D eigenvalue weighted by molar-refractivity contribution is 0.119. The summed E-state index contributed by atoms with van der Waals surface area (Å²) >= 11 is 0. The van der Waals surface area contributed by atoms with Crippen molar-refractivity contribution in [1.82, 2.24) is 5.32 Å². The van der Waals surface area contributed by atoms with Gasteiger partial charge in [-0.3, -0.25) is 0 Å². The second kappa shape index (κ2) is 7.14. The summed E-state index contributed by atoms with van der Waals surface area (Å²) < 4.78 is 5.04. The zero-order valence-corrected chi connectivity index (χ0v) is 11.8. The standard InChI is InChI=1S/C15H23NO3/c1-15(2,3)16-14(18)19-11-7-10-13(17)12-8-5-4-6-9-12/h4-6,8-9,13,17H,7,10-11H2,1-3H3,(H,16,18). The summed E-state index contributed by atoms with van der Waals surface area (Å²) in [6, 6.07) is 9.48. The minimum Gasteiger partial charge on any atom is -0.450 e. The Morgan fingerprint density at radius 1 is 1.32 bits per heavy atom. The number of hydrogen-bond donors (Lipinski definition) is 2. The third kappa shape index (κ3) is 6.82. The van der Waals surface area contributed by atoms with Crippen LogP contribution in [0.1, 0.15) is 45.3 Å². The van der Waals surface area contributed by atoms with E-state index in [0.717, 1.165) is 5.56 Å². The van der Waals surface area contributed by atoms with Crippen LogP contribution in [0.3, 0.4) is 0 Å². The third-order valence-corrected chi connectivity index (χ3v) is 2.52. The molecule has 0 saturated heterocycles. The first-order chi connectivity index (χ1) is 8.88. The first-order valence-corrected chi connectivity index (χ1v) is 6.56. The predicted octanol–water partition coefficient (Wildman–Crippen LogP) is 3.02. The Morgan fingerprint density at radius 2 is 1.95 bits per heavy atom. The molecule has 1 aromatic rings. The van der Waals surface area contributed by atoms with Crippen molar-refractivity contribution in [2.75, 3.05) is 6.61 Å². The van der Waals surface area contributed by atoms with Gasteiger partial charge in [0.2, 0.25) is 0 Å². The molecule has 2 N–H and O–H groups in total. The van der Waals surface area contributed by atoms with Crippen LogP contribution in [0.2, 0.25) is 0 Å². The maximum absolute atomic E-state index is 11.4. The number of ether oxygens (including phenoxy) is 1. The maximum atomic E-state index is 11.4. The van der Waals surface area contributed by atoms with Crippen LogP contribution in [-0.4, -0.2) is 23.3 Å². The van der Waals surface area contributed by atoms with E-state index in [2.05, 4.69) is 5.32 Å². The van der Waals surface area contributed by atoms with Gasteiger partial charge in [-0.1, -0.05) is 30.3 Å². The molecule has 4 nitrogen and oxygen atoms in total. The van der Waals surface area contributed by atoms with Gasteiger partial charge in [0.15, 0.2) is 0 Å². The van der Waals surface area contributed by atoms with Crippen molar-refractivity contribution in [3.05, 3.63) is 35.9 Å². The second-order valence-corrected chi connectivity index (χ2v) is 5.58. The Bertz CT molecular complexity index is 384. The fourth-order valence-electron chi connectivity index (χ4n) is 1.63. The van der Waals surface area contributed by atoms with Gasteiger partial charge >= 0.3 is 6.09 Å². The lowest BCUT2D eigenvalue weighted by Crippen LogP contribution is -2.41. The van der Waals surface area contributed by atoms with E-state index in [-0.39, 0.29) is 5.54 Å². The predicted molar refractivity (Wildman–Crippen MR) is 74.9 cm³/mol. The zero-order chi connectivity index (χ0) is 14.3. The molecule has 1 amide bonds. The summed E-state index contributed by atoms with van der Waals surface area (Å²) in [5.74, 6) is 0. The van der Waals surface area contributed by atoms with E-state index in [1.807, 2.05) is 51.1 Å². The summed E-state index contributed by atoms with van der Waals surface area (Å²) in [7, 11) is 0. The highest BCUT2D eigenvalue weighted by Crippen LogP contribution is 2.17. The summed E-state index contributed by atoms with van der Waals surface area (Å²) in [6.45, 7) is 6.00. The van der Waals surface area contributed by atoms with Crippen LogP contribution < -0.4 is 5.32 Å². The highest BCUT2D eigenvalue weighted by atomic mass is 16.5. The number of aliphatic hydroxyl groups is 1. The molecule has 0 saturated carbocycles. The molecule has 1 atom stereocenters. The number of aliphatic hydroxyl groups excluding tert-OH is 1. The maximum Gasteiger partial charge on any atom is 0.407 e. The van der Waals surface area contributed by atoms with Crippen LogP contribution in [0, 0.1) is 0 Å². The van der Waals surface area contributed by atoms with E-state index in [0.29, 0.717) is 19.4 Å². The highest BCUT2D eigenvalue weighted by Gasteiger charge is 2.14. The van der Waals surface area contributed by atoms with Crippen molar-refractivity contribution in [3.8, 4) is 0 Å². The van der Waals surface area contributed by atoms with Gasteiger partial charge in [0.05, 0.1) is 12.7 Å². The van der Waals surface area contributed by atoms with E-state index in [1.54, 1.807) is 0 Å². The fraction of sp³-hybridized carbons (Fsp3) is 0.533. The molecule has 0 aliphatic rings. The molecule has 4 heteroatoms. The van der Waals surface area contributed by atoms with Crippen molar-refractivity contribution >= 4 is 6.09 Å². The topological polar surface area (TPSA) is 58.6 Å². The summed E-state index contributed by atoms with van der Waals surface area (Å²) in [6.07, 6.45) is 0.289. The van der Waals surface area contributed by atoms with Crippen molar-refractivity contribution in [2.24, 2.45) is 0 Å². The summed E-state index contributed by atoms with van der Waals surface area (Å²) in [4.78, 5) is 11.4. The number of benzene rings is 1. The molecule has 0 heterocycles. The molecule has 0 spiro atoms. The van der Waals surface area contributed by atoms with Crippen molar-refractivity contribution < 1.29 is 14.6 Å². The normalized spacial score (nSPS) is 12.8. The van der Waals surface area contributed by atoms with Gasteiger partial charge in [0.25, 0.3) is 0 Å². The molecule has 1 rings (SSSR count). The molecule has 0 aliphatic heterocycles. The molecular formula is C15H23NO3. The minimum absolute atomic E-state index is 0.291. The lowest BCUT2D eigenvalue weighted by Gasteiger charge is -2.20. The summed E-state index contributed by atoms with van der Waals surface area (Å²) in [5, 5.41) is 12.6.